The second kappa shape index (κ2) is 4.39. The zero-order valence-electron chi connectivity index (χ0n) is 9.47. The van der Waals surface area contributed by atoms with Crippen molar-refractivity contribution in [2.75, 3.05) is 0 Å². The Bertz CT molecular complexity index is 740. The highest BCUT2D eigenvalue weighted by atomic mass is 79.9. The number of rotatable bonds is 1. The van der Waals surface area contributed by atoms with Gasteiger partial charge in [-0.3, -0.25) is 0 Å². The molecule has 0 bridgehead atoms. The van der Waals surface area contributed by atoms with Crippen LogP contribution in [-0.2, 0) is 0 Å². The highest BCUT2D eigenvalue weighted by Gasteiger charge is 2.17. The molecule has 0 aliphatic rings. The largest absolute Gasteiger partial charge is 0.489 e. The normalized spacial score (nSPS) is 11.1. The number of benzene rings is 3. The maximum atomic E-state index is 9.45. The van der Waals surface area contributed by atoms with Gasteiger partial charge in [-0.2, -0.15) is 0 Å². The molecular weight excluding hydrogens is 291 g/mol. The van der Waals surface area contributed by atoms with E-state index in [2.05, 4.69) is 22.0 Å². The fourth-order valence-electron chi connectivity index (χ4n) is 2.30. The van der Waals surface area contributed by atoms with Crippen molar-refractivity contribution in [3.8, 4) is 0 Å². The second-order valence-corrected chi connectivity index (χ2v) is 5.02. The van der Waals surface area contributed by atoms with Crippen LogP contribution in [0.25, 0.3) is 21.5 Å². The van der Waals surface area contributed by atoms with Gasteiger partial charge in [0.25, 0.3) is 0 Å². The van der Waals surface area contributed by atoms with E-state index in [0.717, 1.165) is 26.0 Å². The Balaban J connectivity index is 2.53. The second-order valence-electron chi connectivity index (χ2n) is 4.23. The van der Waals surface area contributed by atoms with Crippen LogP contribution in [0.4, 0.5) is 0 Å². The van der Waals surface area contributed by atoms with E-state index in [1.165, 1.54) is 0 Å². The van der Waals surface area contributed by atoms with Crippen LogP contribution in [0.3, 0.4) is 0 Å². The average Bonchev–Trinajstić information content (AvgIpc) is 2.38. The van der Waals surface area contributed by atoms with Gasteiger partial charge in [-0.25, -0.2) is 0 Å². The van der Waals surface area contributed by atoms with E-state index < -0.39 is 7.12 Å². The lowest BCUT2D eigenvalue weighted by Gasteiger charge is -2.10. The summed E-state index contributed by atoms with van der Waals surface area (Å²) in [5, 5.41) is 22.9. The molecule has 3 aromatic rings. The Labute approximate surface area is 113 Å². The number of fused-ring (bicyclic) bond motifs is 2. The van der Waals surface area contributed by atoms with Crippen molar-refractivity contribution in [2.45, 2.75) is 0 Å². The van der Waals surface area contributed by atoms with Crippen molar-refractivity contribution in [2.24, 2.45) is 0 Å². The van der Waals surface area contributed by atoms with E-state index in [1.54, 1.807) is 6.07 Å². The van der Waals surface area contributed by atoms with Crippen molar-refractivity contribution < 1.29 is 10.0 Å². The Morgan fingerprint density at radius 2 is 1.61 bits per heavy atom. The monoisotopic (exact) mass is 300 g/mol. The van der Waals surface area contributed by atoms with Gasteiger partial charge in [0.15, 0.2) is 0 Å². The lowest BCUT2D eigenvalue weighted by molar-refractivity contribution is 0.426. The predicted octanol–water partition coefficient (Wildman–Crippen LogP) is 2.44. The van der Waals surface area contributed by atoms with Crippen molar-refractivity contribution >= 4 is 50.1 Å². The summed E-state index contributed by atoms with van der Waals surface area (Å²) in [6, 6.07) is 15.6. The minimum absolute atomic E-state index is 0.519. The fraction of sp³-hybridized carbons (Fsp3) is 0. The molecule has 18 heavy (non-hydrogen) atoms. The summed E-state index contributed by atoms with van der Waals surface area (Å²) in [4.78, 5) is 0. The Morgan fingerprint density at radius 3 is 2.39 bits per heavy atom. The molecule has 0 unspecified atom stereocenters. The van der Waals surface area contributed by atoms with Crippen LogP contribution in [0.15, 0.2) is 53.0 Å². The fourth-order valence-corrected chi connectivity index (χ4v) is 3.12. The Morgan fingerprint density at radius 1 is 0.889 bits per heavy atom. The van der Waals surface area contributed by atoms with Gasteiger partial charge in [0.1, 0.15) is 0 Å². The van der Waals surface area contributed by atoms with Crippen LogP contribution >= 0.6 is 15.9 Å². The van der Waals surface area contributed by atoms with Gasteiger partial charge in [-0.1, -0.05) is 42.5 Å². The molecule has 0 amide bonds. The van der Waals surface area contributed by atoms with E-state index in [9.17, 15) is 10.0 Å². The number of hydrogen-bond donors (Lipinski definition) is 2. The van der Waals surface area contributed by atoms with Crippen LogP contribution in [0.1, 0.15) is 0 Å². The summed E-state index contributed by atoms with van der Waals surface area (Å²) in [6.07, 6.45) is 0. The summed E-state index contributed by atoms with van der Waals surface area (Å²) in [5.41, 5.74) is 0.519. The van der Waals surface area contributed by atoms with Crippen LogP contribution in [0.2, 0.25) is 0 Å². The standard InChI is InChI=1S/C14H10BBrO2/c16-14-11-6-2-1-4-9(11)8-10-5-3-7-12(13(10)14)15(17)18/h1-8,17-18H. The first-order valence-electron chi connectivity index (χ1n) is 5.64. The minimum Gasteiger partial charge on any atom is -0.423 e. The summed E-state index contributed by atoms with van der Waals surface area (Å²) < 4.78 is 0.902. The van der Waals surface area contributed by atoms with Gasteiger partial charge in [0, 0.05) is 4.47 Å². The molecule has 0 atom stereocenters. The summed E-state index contributed by atoms with van der Waals surface area (Å²) in [6.45, 7) is 0. The molecule has 0 heterocycles. The SMILES string of the molecule is OB(O)c1cccc2cc3ccccc3c(Br)c12. The van der Waals surface area contributed by atoms with E-state index in [4.69, 9.17) is 0 Å². The molecule has 88 valence electrons. The van der Waals surface area contributed by atoms with E-state index in [0.29, 0.717) is 5.46 Å². The van der Waals surface area contributed by atoms with Gasteiger partial charge in [0.2, 0.25) is 0 Å². The molecule has 0 aliphatic carbocycles. The molecule has 3 aromatic carbocycles. The van der Waals surface area contributed by atoms with Crippen molar-refractivity contribution in [1.29, 1.82) is 0 Å². The van der Waals surface area contributed by atoms with Crippen molar-refractivity contribution in [3.05, 3.63) is 53.0 Å². The third-order valence-corrected chi connectivity index (χ3v) is 3.96. The van der Waals surface area contributed by atoms with Gasteiger partial charge in [0.05, 0.1) is 0 Å². The number of hydrogen-bond acceptors (Lipinski definition) is 2. The van der Waals surface area contributed by atoms with Crippen LogP contribution in [0, 0.1) is 0 Å². The topological polar surface area (TPSA) is 40.5 Å². The summed E-state index contributed by atoms with van der Waals surface area (Å²) >= 11 is 3.58. The van der Waals surface area contributed by atoms with Crippen molar-refractivity contribution in [3.63, 3.8) is 0 Å². The van der Waals surface area contributed by atoms with Crippen molar-refractivity contribution in [1.82, 2.24) is 0 Å². The molecule has 0 fully saturated rings. The average molecular weight is 301 g/mol. The molecule has 3 rings (SSSR count). The zero-order valence-corrected chi connectivity index (χ0v) is 11.1. The van der Waals surface area contributed by atoms with Crippen LogP contribution in [-0.4, -0.2) is 17.2 Å². The third kappa shape index (κ3) is 1.73. The third-order valence-electron chi connectivity index (χ3n) is 3.13. The molecule has 0 radical (unpaired) electrons. The van der Waals surface area contributed by atoms with Gasteiger partial charge < -0.3 is 10.0 Å². The molecule has 2 nitrogen and oxygen atoms in total. The summed E-state index contributed by atoms with van der Waals surface area (Å²) in [7, 11) is -1.47. The summed E-state index contributed by atoms with van der Waals surface area (Å²) in [5.74, 6) is 0. The minimum atomic E-state index is -1.47. The maximum Gasteiger partial charge on any atom is 0.489 e. The molecule has 0 aliphatic heterocycles. The highest BCUT2D eigenvalue weighted by Crippen LogP contribution is 2.31. The molecule has 0 spiro atoms. The van der Waals surface area contributed by atoms with Crippen LogP contribution < -0.4 is 5.46 Å². The quantitative estimate of drug-likeness (QED) is 0.535. The molecule has 0 saturated carbocycles. The van der Waals surface area contributed by atoms with Gasteiger partial charge in [-0.15, -0.1) is 0 Å². The first kappa shape index (κ1) is 11.7. The van der Waals surface area contributed by atoms with Gasteiger partial charge in [-0.05, 0) is 49.0 Å². The van der Waals surface area contributed by atoms with E-state index in [-0.39, 0.29) is 0 Å². The van der Waals surface area contributed by atoms with Gasteiger partial charge >= 0.3 is 7.12 Å². The number of halogens is 1. The predicted molar refractivity (Wildman–Crippen MR) is 79.0 cm³/mol. The Hall–Kier alpha value is -1.36. The molecule has 0 saturated heterocycles. The smallest absolute Gasteiger partial charge is 0.423 e. The molecule has 0 aromatic heterocycles. The first-order valence-corrected chi connectivity index (χ1v) is 6.44. The van der Waals surface area contributed by atoms with E-state index in [1.807, 2.05) is 36.4 Å². The first-order chi connectivity index (χ1) is 8.68. The molecular formula is C14H10BBrO2. The lowest BCUT2D eigenvalue weighted by Crippen LogP contribution is -2.30. The Kier molecular flexibility index (Phi) is 2.86. The molecule has 4 heteroatoms. The van der Waals surface area contributed by atoms with Crippen LogP contribution in [0.5, 0.6) is 0 Å². The maximum absolute atomic E-state index is 9.45. The zero-order chi connectivity index (χ0) is 12.7. The lowest BCUT2D eigenvalue weighted by atomic mass is 9.77. The van der Waals surface area contributed by atoms with E-state index >= 15 is 0 Å². The molecule has 2 N–H and O–H groups in total. The highest BCUT2D eigenvalue weighted by molar-refractivity contribution is 9.10.